The van der Waals surface area contributed by atoms with E-state index in [-0.39, 0.29) is 0 Å². The van der Waals surface area contributed by atoms with Crippen molar-refractivity contribution in [3.8, 4) is 0 Å². The van der Waals surface area contributed by atoms with E-state index in [2.05, 4.69) is 9.62 Å². The summed E-state index contributed by atoms with van der Waals surface area (Å²) in [4.78, 5) is 2.42. The molecular weight excluding hydrogens is 274 g/mol. The van der Waals surface area contributed by atoms with Crippen molar-refractivity contribution in [1.82, 2.24) is 9.62 Å². The third-order valence-electron chi connectivity index (χ3n) is 3.09. The number of aryl methyl sites for hydroxylation is 1. The Morgan fingerprint density at radius 3 is 2.50 bits per heavy atom. The summed E-state index contributed by atoms with van der Waals surface area (Å²) in [7, 11) is 0.592. The summed E-state index contributed by atoms with van der Waals surface area (Å²) in [6.07, 6.45) is 1.80. The molecule has 0 fully saturated rings. The van der Waals surface area contributed by atoms with E-state index >= 15 is 0 Å². The number of nitrogens with zero attached hydrogens (tertiary/aromatic N) is 1. The Balaban J connectivity index is 2.60. The zero-order valence-electron chi connectivity index (χ0n) is 12.5. The van der Waals surface area contributed by atoms with Gasteiger partial charge in [-0.3, -0.25) is 0 Å². The second-order valence-electron chi connectivity index (χ2n) is 5.21. The molecule has 20 heavy (non-hydrogen) atoms. The Kier molecular flexibility index (Phi) is 6.61. The van der Waals surface area contributed by atoms with Crippen LogP contribution >= 0.6 is 0 Å². The molecule has 0 saturated carbocycles. The predicted octanol–water partition coefficient (Wildman–Crippen LogP) is 1.07. The number of rotatable bonds is 8. The molecule has 0 spiro atoms. The number of nitrogens with one attached hydrogen (secondary N) is 1. The van der Waals surface area contributed by atoms with Crippen LogP contribution in [0.15, 0.2) is 23.1 Å². The van der Waals surface area contributed by atoms with E-state index < -0.39 is 10.0 Å². The van der Waals surface area contributed by atoms with Gasteiger partial charge in [0, 0.05) is 13.1 Å². The molecular formula is C14H25N3O2S. The highest BCUT2D eigenvalue weighted by Crippen LogP contribution is 2.16. The molecule has 6 heteroatoms. The number of benzene rings is 1. The van der Waals surface area contributed by atoms with Crippen LogP contribution in [0.4, 0.5) is 0 Å². The molecule has 1 aromatic rings. The minimum absolute atomic E-state index is 0.335. The summed E-state index contributed by atoms with van der Waals surface area (Å²) in [6, 6.07) is 5.20. The molecule has 1 rings (SSSR count). The first-order valence-corrected chi connectivity index (χ1v) is 8.29. The van der Waals surface area contributed by atoms with Crippen molar-refractivity contribution in [2.24, 2.45) is 5.73 Å². The highest BCUT2D eigenvalue weighted by molar-refractivity contribution is 7.89. The van der Waals surface area contributed by atoms with Crippen molar-refractivity contribution < 1.29 is 8.42 Å². The number of hydrogen-bond acceptors (Lipinski definition) is 4. The Hall–Kier alpha value is -0.950. The first-order chi connectivity index (χ1) is 9.36. The Morgan fingerprint density at radius 1 is 1.25 bits per heavy atom. The Bertz CT molecular complexity index is 527. The van der Waals surface area contributed by atoms with Crippen LogP contribution in [-0.4, -0.2) is 40.5 Å². The Labute approximate surface area is 122 Å². The van der Waals surface area contributed by atoms with Crippen LogP contribution in [0.25, 0.3) is 0 Å². The van der Waals surface area contributed by atoms with Gasteiger partial charge in [0.1, 0.15) is 0 Å². The lowest BCUT2D eigenvalue weighted by molar-refractivity contribution is 0.394. The molecule has 0 bridgehead atoms. The largest absolute Gasteiger partial charge is 0.326 e. The van der Waals surface area contributed by atoms with Crippen LogP contribution in [0.2, 0.25) is 0 Å². The van der Waals surface area contributed by atoms with Crippen molar-refractivity contribution in [3.05, 3.63) is 29.3 Å². The summed E-state index contributed by atoms with van der Waals surface area (Å²) in [5.41, 5.74) is 7.21. The van der Waals surface area contributed by atoms with E-state index in [0.717, 1.165) is 30.5 Å². The molecule has 1 aromatic carbocycles. The average molecular weight is 299 g/mol. The van der Waals surface area contributed by atoms with E-state index in [1.165, 1.54) is 0 Å². The number of sulfonamides is 1. The predicted molar refractivity (Wildman–Crippen MR) is 82.0 cm³/mol. The van der Waals surface area contributed by atoms with Gasteiger partial charge in [-0.1, -0.05) is 12.1 Å². The summed E-state index contributed by atoms with van der Waals surface area (Å²) >= 11 is 0. The summed E-state index contributed by atoms with van der Waals surface area (Å²) in [5, 5.41) is 0. The maximum absolute atomic E-state index is 12.2. The second-order valence-corrected chi connectivity index (χ2v) is 6.95. The molecule has 114 valence electrons. The van der Waals surface area contributed by atoms with Crippen molar-refractivity contribution in [2.75, 3.05) is 27.2 Å². The normalized spacial score (nSPS) is 12.1. The van der Waals surface area contributed by atoms with Gasteiger partial charge < -0.3 is 10.6 Å². The number of unbranched alkanes of at least 4 members (excludes halogenated alkanes) is 1. The third kappa shape index (κ3) is 5.20. The van der Waals surface area contributed by atoms with E-state index in [4.69, 9.17) is 5.73 Å². The highest BCUT2D eigenvalue weighted by Gasteiger charge is 2.16. The summed E-state index contributed by atoms with van der Waals surface area (Å²) in [6.45, 7) is 3.64. The van der Waals surface area contributed by atoms with Crippen LogP contribution in [-0.2, 0) is 16.6 Å². The van der Waals surface area contributed by atoms with Gasteiger partial charge in [0.25, 0.3) is 0 Å². The lowest BCUT2D eigenvalue weighted by Crippen LogP contribution is -2.26. The van der Waals surface area contributed by atoms with E-state index in [9.17, 15) is 8.42 Å². The van der Waals surface area contributed by atoms with Gasteiger partial charge in [-0.05, 0) is 57.6 Å². The first kappa shape index (κ1) is 17.1. The standard InChI is InChI=1S/C14H25N3O2S/c1-12-10-13(11-15)6-7-14(12)20(18,19)16-8-4-5-9-17(2)3/h6-7,10,16H,4-5,8-9,11,15H2,1-3H3. The maximum Gasteiger partial charge on any atom is 0.240 e. The van der Waals surface area contributed by atoms with Crippen molar-refractivity contribution >= 4 is 10.0 Å². The fourth-order valence-corrected chi connectivity index (χ4v) is 3.28. The zero-order chi connectivity index (χ0) is 15.2. The van der Waals surface area contributed by atoms with E-state index in [1.807, 2.05) is 20.2 Å². The van der Waals surface area contributed by atoms with Gasteiger partial charge in [-0.15, -0.1) is 0 Å². The van der Waals surface area contributed by atoms with Gasteiger partial charge in [0.2, 0.25) is 10.0 Å². The molecule has 0 atom stereocenters. The maximum atomic E-state index is 12.2. The van der Waals surface area contributed by atoms with Gasteiger partial charge in [0.05, 0.1) is 4.90 Å². The van der Waals surface area contributed by atoms with E-state index in [1.54, 1.807) is 19.1 Å². The minimum Gasteiger partial charge on any atom is -0.326 e. The van der Waals surface area contributed by atoms with Gasteiger partial charge in [-0.25, -0.2) is 13.1 Å². The van der Waals surface area contributed by atoms with E-state index in [0.29, 0.717) is 18.0 Å². The monoisotopic (exact) mass is 299 g/mol. The lowest BCUT2D eigenvalue weighted by atomic mass is 10.1. The Morgan fingerprint density at radius 2 is 1.95 bits per heavy atom. The number of hydrogen-bond donors (Lipinski definition) is 2. The summed E-state index contributed by atoms with van der Waals surface area (Å²) in [5.74, 6) is 0. The van der Waals surface area contributed by atoms with Crippen LogP contribution in [0, 0.1) is 6.92 Å². The lowest BCUT2D eigenvalue weighted by Gasteiger charge is -2.11. The molecule has 0 unspecified atom stereocenters. The topological polar surface area (TPSA) is 75.4 Å². The number of nitrogens with two attached hydrogens (primary N) is 1. The van der Waals surface area contributed by atoms with Gasteiger partial charge >= 0.3 is 0 Å². The molecule has 3 N–H and O–H groups in total. The van der Waals surface area contributed by atoms with Gasteiger partial charge in [0.15, 0.2) is 0 Å². The second kappa shape index (κ2) is 7.73. The fourth-order valence-electron chi connectivity index (χ4n) is 1.98. The third-order valence-corrected chi connectivity index (χ3v) is 4.71. The molecule has 0 aliphatic carbocycles. The highest BCUT2D eigenvalue weighted by atomic mass is 32.2. The summed E-state index contributed by atoms with van der Waals surface area (Å²) < 4.78 is 27.0. The average Bonchev–Trinajstić information content (AvgIpc) is 2.37. The molecule has 5 nitrogen and oxygen atoms in total. The quantitative estimate of drug-likeness (QED) is 0.704. The SMILES string of the molecule is Cc1cc(CN)ccc1S(=O)(=O)NCCCCN(C)C. The molecule has 0 saturated heterocycles. The van der Waals surface area contributed by atoms with Gasteiger partial charge in [-0.2, -0.15) is 0 Å². The molecule has 0 radical (unpaired) electrons. The fraction of sp³-hybridized carbons (Fsp3) is 0.571. The van der Waals surface area contributed by atoms with Crippen LogP contribution < -0.4 is 10.5 Å². The van der Waals surface area contributed by atoms with Crippen molar-refractivity contribution in [1.29, 1.82) is 0 Å². The van der Waals surface area contributed by atoms with Crippen molar-refractivity contribution in [3.63, 3.8) is 0 Å². The van der Waals surface area contributed by atoms with Crippen LogP contribution in [0.5, 0.6) is 0 Å². The van der Waals surface area contributed by atoms with Crippen LogP contribution in [0.1, 0.15) is 24.0 Å². The molecule has 0 heterocycles. The van der Waals surface area contributed by atoms with Crippen LogP contribution in [0.3, 0.4) is 0 Å². The molecule has 0 aliphatic heterocycles. The smallest absolute Gasteiger partial charge is 0.240 e. The van der Waals surface area contributed by atoms with Crippen molar-refractivity contribution in [2.45, 2.75) is 31.2 Å². The first-order valence-electron chi connectivity index (χ1n) is 6.81. The zero-order valence-corrected chi connectivity index (χ0v) is 13.3. The molecule has 0 aliphatic rings. The minimum atomic E-state index is -3.42. The molecule has 0 aromatic heterocycles. The molecule has 0 amide bonds.